The van der Waals surface area contributed by atoms with Gasteiger partial charge in [-0.15, -0.1) is 0 Å². The number of carbonyl (C=O) groups excluding carboxylic acids is 1. The van der Waals surface area contributed by atoms with Gasteiger partial charge in [-0.2, -0.15) is 0 Å². The van der Waals surface area contributed by atoms with Crippen molar-refractivity contribution in [1.29, 1.82) is 0 Å². The first kappa shape index (κ1) is 23.5. The van der Waals surface area contributed by atoms with Crippen LogP contribution < -0.4 is 10.1 Å². The summed E-state index contributed by atoms with van der Waals surface area (Å²) in [5.41, 5.74) is 4.84. The highest BCUT2D eigenvalue weighted by molar-refractivity contribution is 7.91. The van der Waals surface area contributed by atoms with Crippen molar-refractivity contribution in [2.75, 3.05) is 18.2 Å². The molecule has 1 heterocycles. The van der Waals surface area contributed by atoms with Crippen molar-refractivity contribution in [2.45, 2.75) is 45.4 Å². The van der Waals surface area contributed by atoms with E-state index in [1.165, 1.54) is 13.2 Å². The van der Waals surface area contributed by atoms with E-state index in [0.29, 0.717) is 11.3 Å². The Hall–Kier alpha value is -3.13. The summed E-state index contributed by atoms with van der Waals surface area (Å²) in [6.45, 7) is 7.60. The standard InChI is InChI=1S/C24H28N2O5S/c1-6-18-9-7-8-15(2)23(18)25-22(27)12-13-32(28,29)21-14-19(10-11-20(21)30-5)24-16(3)17(4)26-31-24/h7-11,14H,6,12-13H2,1-5H3,(H,25,27). The predicted octanol–water partition coefficient (Wildman–Crippen LogP) is 4.64. The van der Waals surface area contributed by atoms with E-state index in [-0.39, 0.29) is 28.7 Å². The Balaban J connectivity index is 1.83. The third-order valence-electron chi connectivity index (χ3n) is 5.52. The fraction of sp³-hybridized carbons (Fsp3) is 0.333. The monoisotopic (exact) mass is 456 g/mol. The Morgan fingerprint density at radius 2 is 1.91 bits per heavy atom. The molecule has 3 aromatic rings. The average molecular weight is 457 g/mol. The molecule has 0 atom stereocenters. The minimum Gasteiger partial charge on any atom is -0.495 e. The Morgan fingerprint density at radius 1 is 1.16 bits per heavy atom. The summed E-state index contributed by atoms with van der Waals surface area (Å²) in [6, 6.07) is 10.6. The number of aryl methyl sites for hydroxylation is 3. The Kier molecular flexibility index (Phi) is 7.03. The summed E-state index contributed by atoms with van der Waals surface area (Å²) < 4.78 is 36.9. The van der Waals surface area contributed by atoms with Crippen LogP contribution in [0.4, 0.5) is 5.69 Å². The molecule has 7 nitrogen and oxygen atoms in total. The molecule has 3 rings (SSSR count). The van der Waals surface area contributed by atoms with Crippen molar-refractivity contribution in [1.82, 2.24) is 5.16 Å². The highest BCUT2D eigenvalue weighted by atomic mass is 32.2. The van der Waals surface area contributed by atoms with Crippen LogP contribution in [0.5, 0.6) is 5.75 Å². The summed E-state index contributed by atoms with van der Waals surface area (Å²) in [7, 11) is -2.39. The zero-order chi connectivity index (χ0) is 23.5. The Bertz CT molecular complexity index is 1250. The largest absolute Gasteiger partial charge is 0.495 e. The van der Waals surface area contributed by atoms with Gasteiger partial charge in [-0.25, -0.2) is 8.42 Å². The number of aromatic nitrogens is 1. The normalized spacial score (nSPS) is 11.4. The van der Waals surface area contributed by atoms with Gasteiger partial charge >= 0.3 is 0 Å². The fourth-order valence-electron chi connectivity index (χ4n) is 3.49. The van der Waals surface area contributed by atoms with Crippen LogP contribution in [0.25, 0.3) is 11.3 Å². The molecule has 32 heavy (non-hydrogen) atoms. The van der Waals surface area contributed by atoms with E-state index in [1.54, 1.807) is 12.1 Å². The molecule has 0 fully saturated rings. The van der Waals surface area contributed by atoms with Gasteiger partial charge in [0, 0.05) is 23.2 Å². The van der Waals surface area contributed by atoms with Crippen LogP contribution in [-0.2, 0) is 21.1 Å². The number of nitrogens with zero attached hydrogens (tertiary/aromatic N) is 1. The number of anilines is 1. The number of hydrogen-bond acceptors (Lipinski definition) is 6. The van der Waals surface area contributed by atoms with Crippen LogP contribution in [0.15, 0.2) is 45.8 Å². The first-order valence-electron chi connectivity index (χ1n) is 10.4. The zero-order valence-electron chi connectivity index (χ0n) is 19.0. The van der Waals surface area contributed by atoms with Gasteiger partial charge in [0.15, 0.2) is 15.6 Å². The molecule has 0 spiro atoms. The molecule has 0 saturated heterocycles. The molecule has 0 unspecified atom stereocenters. The van der Waals surface area contributed by atoms with Crippen molar-refractivity contribution in [3.8, 4) is 17.1 Å². The van der Waals surface area contributed by atoms with Gasteiger partial charge in [0.2, 0.25) is 5.91 Å². The van der Waals surface area contributed by atoms with Gasteiger partial charge in [-0.3, -0.25) is 4.79 Å². The van der Waals surface area contributed by atoms with Gasteiger partial charge in [0.1, 0.15) is 10.6 Å². The van der Waals surface area contributed by atoms with Gasteiger partial charge in [-0.1, -0.05) is 30.3 Å². The van der Waals surface area contributed by atoms with Crippen molar-refractivity contribution in [3.05, 3.63) is 58.8 Å². The topological polar surface area (TPSA) is 98.5 Å². The molecule has 0 aliphatic heterocycles. The number of ether oxygens (including phenoxy) is 1. The highest BCUT2D eigenvalue weighted by Crippen LogP contribution is 2.33. The van der Waals surface area contributed by atoms with E-state index in [9.17, 15) is 13.2 Å². The molecule has 0 radical (unpaired) electrons. The molecule has 1 aromatic heterocycles. The van der Waals surface area contributed by atoms with Crippen molar-refractivity contribution in [3.63, 3.8) is 0 Å². The molecular weight excluding hydrogens is 428 g/mol. The van der Waals surface area contributed by atoms with Gasteiger partial charge < -0.3 is 14.6 Å². The van der Waals surface area contributed by atoms with Gasteiger partial charge in [-0.05, 0) is 56.5 Å². The van der Waals surface area contributed by atoms with Crippen molar-refractivity contribution in [2.24, 2.45) is 0 Å². The maximum absolute atomic E-state index is 13.1. The maximum atomic E-state index is 13.1. The van der Waals surface area contributed by atoms with Crippen LogP contribution in [0, 0.1) is 20.8 Å². The lowest BCUT2D eigenvalue weighted by molar-refractivity contribution is -0.115. The predicted molar refractivity (Wildman–Crippen MR) is 124 cm³/mol. The second-order valence-corrected chi connectivity index (χ2v) is 9.74. The number of hydrogen-bond donors (Lipinski definition) is 1. The minimum atomic E-state index is -3.80. The minimum absolute atomic E-state index is 0.0175. The van der Waals surface area contributed by atoms with Crippen molar-refractivity contribution < 1.29 is 22.5 Å². The summed E-state index contributed by atoms with van der Waals surface area (Å²) in [4.78, 5) is 12.6. The number of methoxy groups -OCH3 is 1. The molecule has 2 aromatic carbocycles. The molecular formula is C24H28N2O5S. The SMILES string of the molecule is CCc1cccc(C)c1NC(=O)CCS(=O)(=O)c1cc(-c2onc(C)c2C)ccc1OC. The number of carbonyl (C=O) groups is 1. The molecule has 0 saturated carbocycles. The third kappa shape index (κ3) is 4.85. The van der Waals surface area contributed by atoms with Crippen LogP contribution in [0.1, 0.15) is 35.7 Å². The first-order valence-corrected chi connectivity index (χ1v) is 12.1. The van der Waals surface area contributed by atoms with Gasteiger partial charge in [0.05, 0.1) is 18.6 Å². The fourth-order valence-corrected chi connectivity index (χ4v) is 4.92. The lowest BCUT2D eigenvalue weighted by Gasteiger charge is -2.14. The summed E-state index contributed by atoms with van der Waals surface area (Å²) in [5, 5.41) is 6.81. The lowest BCUT2D eigenvalue weighted by atomic mass is 10.1. The summed E-state index contributed by atoms with van der Waals surface area (Å²) in [6.07, 6.45) is 0.591. The quantitative estimate of drug-likeness (QED) is 0.530. The molecule has 1 N–H and O–H groups in total. The average Bonchev–Trinajstić information content (AvgIpc) is 3.11. The number of sulfone groups is 1. The third-order valence-corrected chi connectivity index (χ3v) is 7.25. The highest BCUT2D eigenvalue weighted by Gasteiger charge is 2.24. The number of rotatable bonds is 8. The molecule has 8 heteroatoms. The number of amides is 1. The smallest absolute Gasteiger partial charge is 0.225 e. The van der Waals surface area contributed by atoms with E-state index in [4.69, 9.17) is 9.26 Å². The Morgan fingerprint density at radius 3 is 2.53 bits per heavy atom. The molecule has 170 valence electrons. The van der Waals surface area contributed by atoms with E-state index >= 15 is 0 Å². The van der Waals surface area contributed by atoms with E-state index in [0.717, 1.165) is 34.5 Å². The lowest BCUT2D eigenvalue weighted by Crippen LogP contribution is -2.19. The van der Waals surface area contributed by atoms with E-state index in [2.05, 4.69) is 10.5 Å². The molecule has 0 aliphatic carbocycles. The van der Waals surface area contributed by atoms with E-state index in [1.807, 2.05) is 45.9 Å². The van der Waals surface area contributed by atoms with Crippen LogP contribution in [-0.4, -0.2) is 32.3 Å². The van der Waals surface area contributed by atoms with Gasteiger partial charge in [0.25, 0.3) is 0 Å². The first-order chi connectivity index (χ1) is 15.2. The summed E-state index contributed by atoms with van der Waals surface area (Å²) in [5.74, 6) is 0.0241. The molecule has 0 aliphatic rings. The number of benzene rings is 2. The van der Waals surface area contributed by atoms with Crippen LogP contribution >= 0.6 is 0 Å². The van der Waals surface area contributed by atoms with Crippen LogP contribution in [0.3, 0.4) is 0 Å². The van der Waals surface area contributed by atoms with E-state index < -0.39 is 9.84 Å². The number of nitrogens with one attached hydrogen (secondary N) is 1. The van der Waals surface area contributed by atoms with Crippen LogP contribution in [0.2, 0.25) is 0 Å². The maximum Gasteiger partial charge on any atom is 0.225 e. The number of para-hydroxylation sites is 1. The Labute approximate surface area is 188 Å². The zero-order valence-corrected chi connectivity index (χ0v) is 19.8. The van der Waals surface area contributed by atoms with Crippen molar-refractivity contribution >= 4 is 21.4 Å². The second kappa shape index (κ2) is 9.56. The molecule has 0 bridgehead atoms. The second-order valence-electron chi connectivity index (χ2n) is 7.67. The molecule has 1 amide bonds. The summed E-state index contributed by atoms with van der Waals surface area (Å²) >= 11 is 0.